The third-order valence-electron chi connectivity index (χ3n) is 5.73. The van der Waals surface area contributed by atoms with Crippen LogP contribution in [-0.4, -0.2) is 17.9 Å². The second-order valence-corrected chi connectivity index (χ2v) is 8.11. The minimum Gasteiger partial charge on any atom is -0.344 e. The fraction of sp³-hybridized carbons (Fsp3) is 0.636. The highest BCUT2D eigenvalue weighted by Gasteiger charge is 2.32. The molecule has 4 unspecified atom stereocenters. The Kier molecular flexibility index (Phi) is 7.24. The van der Waals surface area contributed by atoms with Gasteiger partial charge in [0, 0.05) is 11.6 Å². The van der Waals surface area contributed by atoms with E-state index in [1.807, 2.05) is 32.9 Å². The summed E-state index contributed by atoms with van der Waals surface area (Å²) in [6.45, 7) is 10.3. The first-order valence-electron chi connectivity index (χ1n) is 10.0. The van der Waals surface area contributed by atoms with Crippen molar-refractivity contribution in [1.82, 2.24) is 5.32 Å². The Balaban J connectivity index is 2.10. The molecular formula is C22H34N2O2. The van der Waals surface area contributed by atoms with Gasteiger partial charge in [0.25, 0.3) is 0 Å². The highest BCUT2D eigenvalue weighted by molar-refractivity contribution is 5.97. The lowest BCUT2D eigenvalue weighted by Crippen LogP contribution is -2.50. The van der Waals surface area contributed by atoms with Crippen LogP contribution in [0.1, 0.15) is 64.0 Å². The van der Waals surface area contributed by atoms with Crippen LogP contribution in [0.5, 0.6) is 0 Å². The first kappa shape index (κ1) is 20.5. The molecule has 1 aliphatic rings. The third kappa shape index (κ3) is 5.33. The minimum atomic E-state index is -0.498. The van der Waals surface area contributed by atoms with Crippen molar-refractivity contribution in [2.45, 2.75) is 72.8 Å². The summed E-state index contributed by atoms with van der Waals surface area (Å²) >= 11 is 0. The molecule has 1 aromatic rings. The Labute approximate surface area is 158 Å². The maximum absolute atomic E-state index is 12.9. The second-order valence-electron chi connectivity index (χ2n) is 8.11. The van der Waals surface area contributed by atoms with Crippen molar-refractivity contribution < 1.29 is 9.59 Å². The number of benzene rings is 1. The van der Waals surface area contributed by atoms with Gasteiger partial charge in [0.2, 0.25) is 11.8 Å². The summed E-state index contributed by atoms with van der Waals surface area (Å²) in [5, 5.41) is 6.07. The minimum absolute atomic E-state index is 0.0318. The summed E-state index contributed by atoms with van der Waals surface area (Å²) in [6.07, 6.45) is 5.17. The number of hydrogen-bond acceptors (Lipinski definition) is 2. The molecule has 0 spiro atoms. The number of carbonyl (C=O) groups excluding carboxylic acids is 2. The second kappa shape index (κ2) is 9.20. The highest BCUT2D eigenvalue weighted by Crippen LogP contribution is 2.30. The monoisotopic (exact) mass is 358 g/mol. The molecular weight excluding hydrogens is 324 g/mol. The topological polar surface area (TPSA) is 58.2 Å². The van der Waals surface area contributed by atoms with Gasteiger partial charge >= 0.3 is 0 Å². The maximum Gasteiger partial charge on any atom is 0.247 e. The van der Waals surface area contributed by atoms with Gasteiger partial charge in [-0.15, -0.1) is 0 Å². The molecule has 26 heavy (non-hydrogen) atoms. The van der Waals surface area contributed by atoms with E-state index in [0.717, 1.165) is 42.5 Å². The van der Waals surface area contributed by atoms with Crippen molar-refractivity contribution in [3.8, 4) is 0 Å². The van der Waals surface area contributed by atoms with E-state index in [1.54, 1.807) is 0 Å². The van der Waals surface area contributed by atoms with Crippen molar-refractivity contribution in [3.63, 3.8) is 0 Å². The van der Waals surface area contributed by atoms with Crippen LogP contribution in [0, 0.1) is 31.6 Å². The molecule has 1 fully saturated rings. The summed E-state index contributed by atoms with van der Waals surface area (Å²) < 4.78 is 0. The fourth-order valence-electron chi connectivity index (χ4n) is 3.93. The van der Waals surface area contributed by atoms with Gasteiger partial charge in [0.1, 0.15) is 6.04 Å². The first-order chi connectivity index (χ1) is 12.3. The predicted molar refractivity (Wildman–Crippen MR) is 107 cm³/mol. The van der Waals surface area contributed by atoms with E-state index in [9.17, 15) is 9.59 Å². The highest BCUT2D eigenvalue weighted by atomic mass is 16.2. The van der Waals surface area contributed by atoms with Crippen LogP contribution in [-0.2, 0) is 9.59 Å². The Morgan fingerprint density at radius 3 is 2.31 bits per heavy atom. The van der Waals surface area contributed by atoms with Gasteiger partial charge in [0.15, 0.2) is 0 Å². The number of anilines is 1. The van der Waals surface area contributed by atoms with Crippen molar-refractivity contribution in [1.29, 1.82) is 0 Å². The van der Waals surface area contributed by atoms with E-state index < -0.39 is 6.04 Å². The Morgan fingerprint density at radius 2 is 1.73 bits per heavy atom. The fourth-order valence-corrected chi connectivity index (χ4v) is 3.93. The van der Waals surface area contributed by atoms with Crippen LogP contribution in [0.4, 0.5) is 5.69 Å². The molecule has 0 aliphatic heterocycles. The van der Waals surface area contributed by atoms with Crippen LogP contribution in [0.2, 0.25) is 0 Å². The van der Waals surface area contributed by atoms with Crippen LogP contribution < -0.4 is 10.6 Å². The van der Waals surface area contributed by atoms with Gasteiger partial charge in [-0.3, -0.25) is 9.59 Å². The molecule has 144 valence electrons. The standard InChI is InChI=1S/C22H34N2O2/c1-6-16(4)20(24-21(25)19-10-8-7-9-17(19)5)22(26)23-18-12-14(2)11-15(3)13-18/h11-13,16-17,19-20H,6-10H2,1-5H3,(H,23,26)(H,24,25). The largest absolute Gasteiger partial charge is 0.344 e. The van der Waals surface area contributed by atoms with Crippen LogP contribution in [0.3, 0.4) is 0 Å². The van der Waals surface area contributed by atoms with Gasteiger partial charge in [0.05, 0.1) is 0 Å². The summed E-state index contributed by atoms with van der Waals surface area (Å²) in [7, 11) is 0. The normalized spacial score (nSPS) is 22.3. The summed E-state index contributed by atoms with van der Waals surface area (Å²) in [5.74, 6) is 0.427. The van der Waals surface area contributed by atoms with Gasteiger partial charge in [-0.05, 0) is 61.8 Å². The molecule has 1 aliphatic carbocycles. The molecule has 2 amide bonds. The van der Waals surface area contributed by atoms with Crippen molar-refractivity contribution in [2.75, 3.05) is 5.32 Å². The molecule has 4 atom stereocenters. The van der Waals surface area contributed by atoms with E-state index in [4.69, 9.17) is 0 Å². The Hall–Kier alpha value is -1.84. The molecule has 4 heteroatoms. The number of rotatable bonds is 6. The number of carbonyl (C=O) groups is 2. The summed E-state index contributed by atoms with van der Waals surface area (Å²) in [6, 6.07) is 5.50. The summed E-state index contributed by atoms with van der Waals surface area (Å²) in [4.78, 5) is 25.7. The zero-order chi connectivity index (χ0) is 19.3. The van der Waals surface area contributed by atoms with Crippen LogP contribution >= 0.6 is 0 Å². The Morgan fingerprint density at radius 1 is 1.12 bits per heavy atom. The molecule has 2 N–H and O–H groups in total. The SMILES string of the molecule is CCC(C)C(NC(=O)C1CCCCC1C)C(=O)Nc1cc(C)cc(C)c1. The van der Waals surface area contributed by atoms with Crippen LogP contribution in [0.15, 0.2) is 18.2 Å². The van der Waals surface area contributed by atoms with E-state index >= 15 is 0 Å². The zero-order valence-electron chi connectivity index (χ0n) is 16.9. The van der Waals surface area contributed by atoms with Gasteiger partial charge in [-0.25, -0.2) is 0 Å². The number of nitrogens with one attached hydrogen (secondary N) is 2. The number of hydrogen-bond donors (Lipinski definition) is 2. The molecule has 0 aromatic heterocycles. The van der Waals surface area contributed by atoms with E-state index in [1.165, 1.54) is 6.42 Å². The van der Waals surface area contributed by atoms with Crippen molar-refractivity contribution >= 4 is 17.5 Å². The smallest absolute Gasteiger partial charge is 0.247 e. The molecule has 0 heterocycles. The lowest BCUT2D eigenvalue weighted by Gasteiger charge is -2.31. The molecule has 4 nitrogen and oxygen atoms in total. The quantitative estimate of drug-likeness (QED) is 0.781. The third-order valence-corrected chi connectivity index (χ3v) is 5.73. The number of aryl methyl sites for hydroxylation is 2. The first-order valence-corrected chi connectivity index (χ1v) is 10.0. The van der Waals surface area contributed by atoms with E-state index in [0.29, 0.717) is 5.92 Å². The van der Waals surface area contributed by atoms with Crippen molar-refractivity contribution in [2.24, 2.45) is 17.8 Å². The average Bonchev–Trinajstić information content (AvgIpc) is 2.58. The van der Waals surface area contributed by atoms with E-state index in [-0.39, 0.29) is 23.7 Å². The lowest BCUT2D eigenvalue weighted by atomic mass is 9.79. The zero-order valence-corrected chi connectivity index (χ0v) is 16.9. The summed E-state index contributed by atoms with van der Waals surface area (Å²) in [5.41, 5.74) is 3.02. The Bertz CT molecular complexity index is 621. The van der Waals surface area contributed by atoms with Gasteiger partial charge < -0.3 is 10.6 Å². The van der Waals surface area contributed by atoms with Crippen molar-refractivity contribution in [3.05, 3.63) is 29.3 Å². The molecule has 1 saturated carbocycles. The molecule has 2 rings (SSSR count). The van der Waals surface area contributed by atoms with E-state index in [2.05, 4.69) is 30.5 Å². The average molecular weight is 359 g/mol. The molecule has 0 bridgehead atoms. The van der Waals surface area contributed by atoms with Gasteiger partial charge in [-0.1, -0.05) is 46.1 Å². The maximum atomic E-state index is 12.9. The molecule has 0 saturated heterocycles. The molecule has 1 aromatic carbocycles. The molecule has 0 radical (unpaired) electrons. The lowest BCUT2D eigenvalue weighted by molar-refractivity contribution is -0.132. The van der Waals surface area contributed by atoms with Gasteiger partial charge in [-0.2, -0.15) is 0 Å². The van der Waals surface area contributed by atoms with Crippen LogP contribution in [0.25, 0.3) is 0 Å². The number of amides is 2. The predicted octanol–water partition coefficient (Wildman–Crippen LogP) is 4.60.